The number of ether oxygens (including phenoxy) is 1. The summed E-state index contributed by atoms with van der Waals surface area (Å²) in [6.07, 6.45) is 3.31. The van der Waals surface area contributed by atoms with Crippen molar-refractivity contribution in [3.8, 4) is 5.75 Å². The number of benzene rings is 1. The summed E-state index contributed by atoms with van der Waals surface area (Å²) in [6.45, 7) is 0.296. The molecule has 1 amide bonds. The number of furan rings is 2. The van der Waals surface area contributed by atoms with Gasteiger partial charge in [-0.25, -0.2) is 4.99 Å². The van der Waals surface area contributed by atoms with Crippen LogP contribution in [0.1, 0.15) is 11.5 Å². The van der Waals surface area contributed by atoms with Gasteiger partial charge < -0.3 is 13.6 Å². The van der Waals surface area contributed by atoms with Crippen LogP contribution >= 0.6 is 50.3 Å². The predicted octanol–water partition coefficient (Wildman–Crippen LogP) is 6.05. The van der Waals surface area contributed by atoms with Gasteiger partial charge in [-0.1, -0.05) is 0 Å². The number of methoxy groups -OCH3 is 1. The lowest BCUT2D eigenvalue weighted by Gasteiger charge is -2.13. The van der Waals surface area contributed by atoms with E-state index in [1.54, 1.807) is 30.4 Å². The minimum Gasteiger partial charge on any atom is -0.497 e. The third kappa shape index (κ3) is 4.62. The highest BCUT2D eigenvalue weighted by Gasteiger charge is 2.34. The molecule has 0 radical (unpaired) electrons. The zero-order valence-electron chi connectivity index (χ0n) is 15.1. The molecule has 0 atom stereocenters. The molecule has 0 aliphatic carbocycles. The van der Waals surface area contributed by atoms with Gasteiger partial charge in [0.25, 0.3) is 5.91 Å². The summed E-state index contributed by atoms with van der Waals surface area (Å²) in [4.78, 5) is 19.9. The Labute approximate surface area is 193 Å². The number of nitrogens with zero attached hydrogens (tertiary/aromatic N) is 2. The Balaban J connectivity index is 1.68. The summed E-state index contributed by atoms with van der Waals surface area (Å²) in [5.74, 6) is 1.87. The van der Waals surface area contributed by atoms with Crippen molar-refractivity contribution in [2.45, 2.75) is 6.54 Å². The maximum Gasteiger partial charge on any atom is 0.267 e. The Morgan fingerprint density at radius 3 is 2.72 bits per heavy atom. The molecule has 0 N–H and O–H groups in total. The zero-order chi connectivity index (χ0) is 20.4. The fourth-order valence-corrected chi connectivity index (χ4v) is 4.31. The van der Waals surface area contributed by atoms with E-state index < -0.39 is 0 Å². The van der Waals surface area contributed by atoms with E-state index in [0.717, 1.165) is 19.7 Å². The first kappa shape index (κ1) is 20.3. The molecule has 0 unspecified atom stereocenters. The Morgan fingerprint density at radius 2 is 2.10 bits per heavy atom. The summed E-state index contributed by atoms with van der Waals surface area (Å²) in [5.41, 5.74) is 0.724. The summed E-state index contributed by atoms with van der Waals surface area (Å²) in [7, 11) is 1.61. The molecule has 1 aliphatic heterocycles. The van der Waals surface area contributed by atoms with E-state index in [-0.39, 0.29) is 5.91 Å². The molecule has 1 aliphatic rings. The van der Waals surface area contributed by atoms with Crippen molar-refractivity contribution in [2.24, 2.45) is 4.99 Å². The van der Waals surface area contributed by atoms with Gasteiger partial charge in [0, 0.05) is 28.7 Å². The molecule has 4 rings (SSSR count). The topological polar surface area (TPSA) is 68.2 Å². The molecule has 1 saturated heterocycles. The van der Waals surface area contributed by atoms with E-state index >= 15 is 0 Å². The smallest absolute Gasteiger partial charge is 0.267 e. The average molecular weight is 585 g/mol. The Kier molecular flexibility index (Phi) is 6.16. The van der Waals surface area contributed by atoms with Crippen molar-refractivity contribution in [2.75, 3.05) is 7.11 Å². The molecule has 3 aromatic rings. The van der Waals surface area contributed by atoms with Gasteiger partial charge >= 0.3 is 0 Å². The van der Waals surface area contributed by atoms with Gasteiger partial charge in [-0.05, 0) is 70.2 Å². The lowest BCUT2D eigenvalue weighted by atomic mass is 10.3. The molecule has 2 aromatic heterocycles. The summed E-state index contributed by atoms with van der Waals surface area (Å²) < 4.78 is 17.8. The fourth-order valence-electron chi connectivity index (χ4n) is 2.62. The zero-order valence-corrected chi connectivity index (χ0v) is 19.7. The molecule has 3 heterocycles. The second-order valence-corrected chi connectivity index (χ2v) is 8.79. The number of amides is 1. The maximum atomic E-state index is 13.1. The molecule has 0 saturated carbocycles. The highest BCUT2D eigenvalue weighted by molar-refractivity contribution is 14.1. The number of hydrogen-bond donors (Lipinski definition) is 0. The van der Waals surface area contributed by atoms with Crippen molar-refractivity contribution in [1.29, 1.82) is 0 Å². The molecule has 148 valence electrons. The van der Waals surface area contributed by atoms with Crippen LogP contribution in [0.2, 0.25) is 0 Å². The third-order valence-corrected chi connectivity index (χ3v) is 7.16. The number of carbonyl (C=O) groups excluding carboxylic acids is 1. The highest BCUT2D eigenvalue weighted by atomic mass is 127. The van der Waals surface area contributed by atoms with Crippen molar-refractivity contribution in [1.82, 2.24) is 4.90 Å². The van der Waals surface area contributed by atoms with E-state index in [0.29, 0.717) is 28.1 Å². The minimum absolute atomic E-state index is 0.152. The van der Waals surface area contributed by atoms with Gasteiger partial charge in [-0.2, -0.15) is 0 Å². The first-order chi connectivity index (χ1) is 14.0. The van der Waals surface area contributed by atoms with E-state index in [9.17, 15) is 4.79 Å². The number of hydrogen-bond acceptors (Lipinski definition) is 6. The Hall–Kier alpha value is -1.98. The molecular weight excluding hydrogens is 571 g/mol. The average Bonchev–Trinajstić information content (AvgIpc) is 3.41. The lowest BCUT2D eigenvalue weighted by Crippen LogP contribution is -2.28. The van der Waals surface area contributed by atoms with Crippen LogP contribution in [0.25, 0.3) is 6.08 Å². The number of aliphatic imine (C=N–C) groups is 1. The molecular formula is C20H14BrIN2O4S. The van der Waals surface area contributed by atoms with E-state index in [1.807, 2.05) is 36.4 Å². The van der Waals surface area contributed by atoms with Crippen LogP contribution in [-0.4, -0.2) is 23.1 Å². The van der Waals surface area contributed by atoms with Gasteiger partial charge in [0.2, 0.25) is 0 Å². The molecule has 9 heteroatoms. The predicted molar refractivity (Wildman–Crippen MR) is 124 cm³/mol. The summed E-state index contributed by atoms with van der Waals surface area (Å²) in [6, 6.07) is 12.8. The standard InChI is InChI=1S/C20H14BrIN2O4S/c1-26-13-6-4-12(5-7-13)23-20-24(11-14-3-2-8-27-14)19(25)17(29-20)10-15-9-16(21)18(22)28-15/h2-10H,11H2,1H3/b17-10-,23-20?. The lowest BCUT2D eigenvalue weighted by molar-refractivity contribution is -0.122. The maximum absolute atomic E-state index is 13.1. The van der Waals surface area contributed by atoms with Crippen LogP contribution in [0.15, 0.2) is 71.9 Å². The van der Waals surface area contributed by atoms with Crippen LogP contribution < -0.4 is 4.74 Å². The highest BCUT2D eigenvalue weighted by Crippen LogP contribution is 2.36. The second kappa shape index (κ2) is 8.80. The summed E-state index contributed by atoms with van der Waals surface area (Å²) >= 11 is 6.81. The monoisotopic (exact) mass is 584 g/mol. The first-order valence-electron chi connectivity index (χ1n) is 8.45. The SMILES string of the molecule is COc1ccc(N=C2S/C(=C\c3cc(Br)c(I)o3)C(=O)N2Cc2ccco2)cc1. The first-order valence-corrected chi connectivity index (χ1v) is 11.1. The molecule has 0 spiro atoms. The number of amidine groups is 1. The van der Waals surface area contributed by atoms with E-state index in [2.05, 4.69) is 43.5 Å². The van der Waals surface area contributed by atoms with Gasteiger partial charge in [-0.3, -0.25) is 9.69 Å². The summed E-state index contributed by atoms with van der Waals surface area (Å²) in [5, 5.41) is 0.572. The molecule has 29 heavy (non-hydrogen) atoms. The molecule has 1 fully saturated rings. The van der Waals surface area contributed by atoms with Crippen LogP contribution in [0, 0.1) is 3.77 Å². The number of carbonyl (C=O) groups is 1. The van der Waals surface area contributed by atoms with Crippen molar-refractivity contribution in [3.63, 3.8) is 0 Å². The number of halogens is 2. The Bertz CT molecular complexity index is 1070. The largest absolute Gasteiger partial charge is 0.497 e. The normalized spacial score (nSPS) is 16.9. The fraction of sp³-hybridized carbons (Fsp3) is 0.100. The van der Waals surface area contributed by atoms with Crippen LogP contribution in [0.4, 0.5) is 5.69 Å². The van der Waals surface area contributed by atoms with E-state index in [1.165, 1.54) is 11.8 Å². The molecule has 0 bridgehead atoms. The van der Waals surface area contributed by atoms with Crippen molar-refractivity contribution >= 4 is 73.1 Å². The van der Waals surface area contributed by atoms with Gasteiger partial charge in [0.1, 0.15) is 17.3 Å². The molecule has 1 aromatic carbocycles. The van der Waals surface area contributed by atoms with Gasteiger partial charge in [0.15, 0.2) is 8.93 Å². The number of rotatable bonds is 5. The third-order valence-electron chi connectivity index (χ3n) is 4.02. The quantitative estimate of drug-likeness (QED) is 0.270. The minimum atomic E-state index is -0.152. The van der Waals surface area contributed by atoms with E-state index in [4.69, 9.17) is 13.6 Å². The second-order valence-electron chi connectivity index (χ2n) is 5.94. The van der Waals surface area contributed by atoms with Crippen LogP contribution in [0.5, 0.6) is 5.75 Å². The number of thioether (sulfide) groups is 1. The van der Waals surface area contributed by atoms with Crippen LogP contribution in [0.3, 0.4) is 0 Å². The van der Waals surface area contributed by atoms with Crippen molar-refractivity contribution in [3.05, 3.63) is 73.4 Å². The van der Waals surface area contributed by atoms with Crippen molar-refractivity contribution < 1.29 is 18.4 Å². The van der Waals surface area contributed by atoms with Gasteiger partial charge in [0.05, 0.1) is 35.0 Å². The molecule has 6 nitrogen and oxygen atoms in total. The van der Waals surface area contributed by atoms with Gasteiger partial charge in [-0.15, -0.1) is 0 Å². The Morgan fingerprint density at radius 1 is 1.31 bits per heavy atom. The van der Waals surface area contributed by atoms with Crippen LogP contribution in [-0.2, 0) is 11.3 Å².